The van der Waals surface area contributed by atoms with Gasteiger partial charge in [-0.1, -0.05) is 42.5 Å². The summed E-state index contributed by atoms with van der Waals surface area (Å²) in [6.07, 6.45) is 18.4. The van der Waals surface area contributed by atoms with E-state index in [1.807, 2.05) is 18.3 Å². The Bertz CT molecular complexity index is 1530. The molecule has 8 fully saturated rings. The first-order valence-electron chi connectivity index (χ1n) is 17.1. The third-order valence-electron chi connectivity index (χ3n) is 13.0. The van der Waals surface area contributed by atoms with Crippen molar-refractivity contribution in [3.63, 3.8) is 0 Å². The van der Waals surface area contributed by atoms with Gasteiger partial charge in [-0.3, -0.25) is 4.99 Å². The zero-order valence-corrected chi connectivity index (χ0v) is 25.6. The van der Waals surface area contributed by atoms with E-state index in [4.69, 9.17) is 9.73 Å². The lowest BCUT2D eigenvalue weighted by atomic mass is 9.46. The van der Waals surface area contributed by atoms with Crippen LogP contribution in [-0.4, -0.2) is 18.4 Å². The standard InChI is InChI=1S/C40H45NO2/c1-43-37-9-5-3-7-34(37)33-6-2-4-8-36(33)41-24-31-16-32(39-18-25-10-26(19-39)12-27(11-25)20-39)17-35(38(31)42)40-21-28-13-29(22-40)15-30(14-28)23-40/h2-9,16-17,24-30,42H,10-15,18-23H2,1H3. The molecule has 3 aromatic carbocycles. The molecule has 8 bridgehead atoms. The molecule has 1 N–H and O–H groups in total. The topological polar surface area (TPSA) is 41.8 Å². The minimum atomic E-state index is 0.148. The Kier molecular flexibility index (Phi) is 5.95. The molecule has 0 atom stereocenters. The van der Waals surface area contributed by atoms with E-state index in [0.29, 0.717) is 5.75 Å². The summed E-state index contributed by atoms with van der Waals surface area (Å²) in [5.74, 6) is 6.58. The van der Waals surface area contributed by atoms with Crippen molar-refractivity contribution in [1.29, 1.82) is 0 Å². The zero-order valence-electron chi connectivity index (χ0n) is 25.6. The molecule has 0 saturated heterocycles. The fraction of sp³-hybridized carbons (Fsp3) is 0.525. The molecule has 11 rings (SSSR count). The van der Waals surface area contributed by atoms with E-state index < -0.39 is 0 Å². The molecule has 0 aromatic heterocycles. The van der Waals surface area contributed by atoms with Crippen LogP contribution in [0.2, 0.25) is 0 Å². The summed E-state index contributed by atoms with van der Waals surface area (Å²) in [4.78, 5) is 5.12. The normalized spacial score (nSPS) is 37.0. The van der Waals surface area contributed by atoms with Crippen molar-refractivity contribution < 1.29 is 9.84 Å². The van der Waals surface area contributed by atoms with Crippen molar-refractivity contribution in [2.45, 2.75) is 87.9 Å². The van der Waals surface area contributed by atoms with E-state index in [1.165, 1.54) is 88.2 Å². The lowest BCUT2D eigenvalue weighted by Gasteiger charge is -2.58. The molecule has 0 amide bonds. The summed E-state index contributed by atoms with van der Waals surface area (Å²) in [5.41, 5.74) is 7.16. The van der Waals surface area contributed by atoms with Crippen LogP contribution in [0.4, 0.5) is 5.69 Å². The van der Waals surface area contributed by atoms with Gasteiger partial charge in [-0.2, -0.15) is 0 Å². The highest BCUT2D eigenvalue weighted by atomic mass is 16.5. The third kappa shape index (κ3) is 4.24. The Morgan fingerprint density at radius 3 is 1.77 bits per heavy atom. The van der Waals surface area contributed by atoms with Crippen LogP contribution in [0, 0.1) is 35.5 Å². The predicted octanol–water partition coefficient (Wildman–Crippen LogP) is 9.75. The summed E-state index contributed by atoms with van der Waals surface area (Å²) in [6.45, 7) is 0. The smallest absolute Gasteiger partial charge is 0.128 e. The van der Waals surface area contributed by atoms with Gasteiger partial charge in [-0.15, -0.1) is 0 Å². The number of methoxy groups -OCH3 is 1. The quantitative estimate of drug-likeness (QED) is 0.299. The molecule has 222 valence electrons. The van der Waals surface area contributed by atoms with Gasteiger partial charge in [0.15, 0.2) is 0 Å². The third-order valence-corrected chi connectivity index (χ3v) is 13.0. The van der Waals surface area contributed by atoms with E-state index in [0.717, 1.165) is 63.6 Å². The summed E-state index contributed by atoms with van der Waals surface area (Å²) in [5, 5.41) is 12.2. The fourth-order valence-corrected chi connectivity index (χ4v) is 12.2. The van der Waals surface area contributed by atoms with Crippen LogP contribution < -0.4 is 4.74 Å². The zero-order chi connectivity index (χ0) is 28.8. The molecule has 3 nitrogen and oxygen atoms in total. The largest absolute Gasteiger partial charge is 0.507 e. The molecule has 3 heteroatoms. The van der Waals surface area contributed by atoms with Crippen LogP contribution in [0.25, 0.3) is 11.1 Å². The Labute approximate surface area is 256 Å². The average molecular weight is 572 g/mol. The number of benzene rings is 3. The first-order valence-corrected chi connectivity index (χ1v) is 17.1. The van der Waals surface area contributed by atoms with E-state index in [9.17, 15) is 5.11 Å². The van der Waals surface area contributed by atoms with Crippen molar-refractivity contribution in [2.75, 3.05) is 7.11 Å². The summed E-state index contributed by atoms with van der Waals surface area (Å²) >= 11 is 0. The maximum atomic E-state index is 12.2. The number of hydrogen-bond donors (Lipinski definition) is 1. The summed E-state index contributed by atoms with van der Waals surface area (Å²) in [6, 6.07) is 21.4. The van der Waals surface area contributed by atoms with Crippen molar-refractivity contribution in [3.05, 3.63) is 77.4 Å². The van der Waals surface area contributed by atoms with Gasteiger partial charge < -0.3 is 9.84 Å². The fourth-order valence-electron chi connectivity index (χ4n) is 12.2. The first-order chi connectivity index (χ1) is 21.0. The van der Waals surface area contributed by atoms with Gasteiger partial charge in [0.2, 0.25) is 0 Å². The maximum absolute atomic E-state index is 12.2. The second-order valence-corrected chi connectivity index (χ2v) is 15.8. The van der Waals surface area contributed by atoms with Crippen molar-refractivity contribution in [3.8, 4) is 22.6 Å². The van der Waals surface area contributed by atoms with Crippen LogP contribution in [-0.2, 0) is 10.8 Å². The molecule has 8 aliphatic carbocycles. The van der Waals surface area contributed by atoms with Crippen LogP contribution in [0.15, 0.2) is 65.7 Å². The Morgan fingerprint density at radius 1 is 0.674 bits per heavy atom. The van der Waals surface area contributed by atoms with Gasteiger partial charge in [0.05, 0.1) is 12.8 Å². The van der Waals surface area contributed by atoms with Gasteiger partial charge in [0.1, 0.15) is 11.5 Å². The number of phenols is 1. The van der Waals surface area contributed by atoms with E-state index >= 15 is 0 Å². The van der Waals surface area contributed by atoms with Crippen molar-refractivity contribution in [1.82, 2.24) is 0 Å². The predicted molar refractivity (Wildman–Crippen MR) is 173 cm³/mol. The highest BCUT2D eigenvalue weighted by molar-refractivity contribution is 5.90. The van der Waals surface area contributed by atoms with E-state index in [2.05, 4.69) is 48.5 Å². The molecule has 0 spiro atoms. The number of ether oxygens (including phenoxy) is 1. The Hall–Kier alpha value is -3.07. The van der Waals surface area contributed by atoms with Crippen LogP contribution >= 0.6 is 0 Å². The minimum absolute atomic E-state index is 0.148. The number of aliphatic imine (C=N–C) groups is 1. The monoisotopic (exact) mass is 571 g/mol. The summed E-state index contributed by atoms with van der Waals surface area (Å²) < 4.78 is 5.71. The van der Waals surface area contributed by atoms with Crippen LogP contribution in [0.1, 0.15) is 93.7 Å². The number of rotatable bonds is 6. The van der Waals surface area contributed by atoms with Gasteiger partial charge in [-0.05, 0) is 147 Å². The van der Waals surface area contributed by atoms with Crippen molar-refractivity contribution >= 4 is 11.9 Å². The molecule has 8 saturated carbocycles. The van der Waals surface area contributed by atoms with Crippen LogP contribution in [0.3, 0.4) is 0 Å². The molecule has 0 radical (unpaired) electrons. The first kappa shape index (κ1) is 26.3. The molecular formula is C40H45NO2. The lowest BCUT2D eigenvalue weighted by Crippen LogP contribution is -2.50. The lowest BCUT2D eigenvalue weighted by molar-refractivity contribution is -0.00899. The van der Waals surface area contributed by atoms with E-state index in [-0.39, 0.29) is 10.8 Å². The van der Waals surface area contributed by atoms with Gasteiger partial charge in [0.25, 0.3) is 0 Å². The van der Waals surface area contributed by atoms with Crippen LogP contribution in [0.5, 0.6) is 11.5 Å². The molecule has 8 aliphatic rings. The molecule has 43 heavy (non-hydrogen) atoms. The highest BCUT2D eigenvalue weighted by Crippen LogP contribution is 2.64. The maximum Gasteiger partial charge on any atom is 0.128 e. The van der Waals surface area contributed by atoms with Gasteiger partial charge >= 0.3 is 0 Å². The highest BCUT2D eigenvalue weighted by Gasteiger charge is 2.55. The number of nitrogens with zero attached hydrogens (tertiary/aromatic N) is 1. The summed E-state index contributed by atoms with van der Waals surface area (Å²) in [7, 11) is 1.73. The molecule has 3 aromatic rings. The number of para-hydroxylation sites is 2. The molecule has 0 unspecified atom stereocenters. The minimum Gasteiger partial charge on any atom is -0.507 e. The van der Waals surface area contributed by atoms with Gasteiger partial charge in [-0.25, -0.2) is 0 Å². The van der Waals surface area contributed by atoms with Gasteiger partial charge in [0, 0.05) is 28.5 Å². The SMILES string of the molecule is COc1ccccc1-c1ccccc1N=Cc1cc(C23CC4CC(CC(C4)C2)C3)cc(C23CC4CC(CC(C4)C2)C3)c1O. The number of aromatic hydroxyl groups is 1. The second kappa shape index (κ2) is 9.71. The molecule has 0 heterocycles. The number of hydrogen-bond acceptors (Lipinski definition) is 3. The average Bonchev–Trinajstić information content (AvgIpc) is 2.99. The molecular weight excluding hydrogens is 526 g/mol. The second-order valence-electron chi connectivity index (χ2n) is 15.8. The van der Waals surface area contributed by atoms with Crippen molar-refractivity contribution in [2.24, 2.45) is 40.5 Å². The number of phenolic OH excluding ortho intramolecular Hbond substituents is 1. The van der Waals surface area contributed by atoms with E-state index in [1.54, 1.807) is 7.11 Å². The Balaban J connectivity index is 1.17. The molecule has 0 aliphatic heterocycles. The Morgan fingerprint density at radius 2 is 1.19 bits per heavy atom.